The molecule has 158 valence electrons. The summed E-state index contributed by atoms with van der Waals surface area (Å²) in [5.74, 6) is -0.279. The highest BCUT2D eigenvalue weighted by Crippen LogP contribution is 2.23. The average molecular weight is 470 g/mol. The molecule has 1 amide bonds. The van der Waals surface area contributed by atoms with Crippen LogP contribution < -0.4 is 0 Å². The van der Waals surface area contributed by atoms with Gasteiger partial charge in [-0.05, 0) is 35.9 Å². The summed E-state index contributed by atoms with van der Waals surface area (Å²) in [6.45, 7) is 0.562. The molecule has 1 fully saturated rings. The van der Waals surface area contributed by atoms with Crippen molar-refractivity contribution in [2.24, 2.45) is 0 Å². The third kappa shape index (κ3) is 4.99. The van der Waals surface area contributed by atoms with Gasteiger partial charge in [-0.25, -0.2) is 8.42 Å². The number of rotatable bonds is 5. The van der Waals surface area contributed by atoms with E-state index in [0.717, 1.165) is 6.07 Å². The molecule has 0 N–H and O–H groups in total. The van der Waals surface area contributed by atoms with Crippen LogP contribution in [-0.4, -0.2) is 54.6 Å². The zero-order valence-corrected chi connectivity index (χ0v) is 17.9. The predicted molar refractivity (Wildman–Crippen MR) is 114 cm³/mol. The number of nitro groups is 1. The molecule has 0 spiro atoms. The first-order valence-electron chi connectivity index (χ1n) is 8.85. The van der Waals surface area contributed by atoms with Crippen LogP contribution in [0.5, 0.6) is 0 Å². The van der Waals surface area contributed by atoms with Crippen molar-refractivity contribution in [1.29, 1.82) is 0 Å². The Bertz CT molecular complexity index is 1110. The van der Waals surface area contributed by atoms with Gasteiger partial charge < -0.3 is 4.90 Å². The SMILES string of the molecule is O=C(/C=C/c1cc(Cl)ccc1Cl)N1CCN(S(=O)(=O)c2cccc([N+](=O)[O-])c2)CC1. The number of benzene rings is 2. The minimum Gasteiger partial charge on any atom is -0.337 e. The van der Waals surface area contributed by atoms with Gasteiger partial charge in [0.25, 0.3) is 5.69 Å². The molecule has 30 heavy (non-hydrogen) atoms. The van der Waals surface area contributed by atoms with Crippen molar-refractivity contribution in [3.8, 4) is 0 Å². The van der Waals surface area contributed by atoms with Gasteiger partial charge in [-0.1, -0.05) is 29.3 Å². The van der Waals surface area contributed by atoms with Crippen LogP contribution >= 0.6 is 23.2 Å². The molecule has 0 unspecified atom stereocenters. The van der Waals surface area contributed by atoms with E-state index in [9.17, 15) is 23.3 Å². The van der Waals surface area contributed by atoms with E-state index >= 15 is 0 Å². The number of carbonyl (C=O) groups excluding carboxylic acids is 1. The second-order valence-electron chi connectivity index (χ2n) is 6.48. The molecular formula is C19H17Cl2N3O5S. The highest BCUT2D eigenvalue weighted by Gasteiger charge is 2.30. The molecule has 1 saturated heterocycles. The standard InChI is InChI=1S/C19H17Cl2N3O5S/c20-15-5-6-18(21)14(12-15)4-7-19(25)22-8-10-23(11-9-22)30(28,29)17-3-1-2-16(13-17)24(26)27/h1-7,12-13H,8-11H2/b7-4+. The number of amides is 1. The second kappa shape index (κ2) is 9.13. The average Bonchev–Trinajstić information content (AvgIpc) is 2.74. The van der Waals surface area contributed by atoms with Crippen molar-refractivity contribution in [2.45, 2.75) is 4.90 Å². The Hall–Kier alpha value is -2.46. The van der Waals surface area contributed by atoms with Crippen LogP contribution in [0.2, 0.25) is 10.0 Å². The fraction of sp³-hybridized carbons (Fsp3) is 0.211. The second-order valence-corrected chi connectivity index (χ2v) is 9.26. The lowest BCUT2D eigenvalue weighted by molar-refractivity contribution is -0.385. The Morgan fingerprint density at radius 1 is 1.07 bits per heavy atom. The third-order valence-electron chi connectivity index (χ3n) is 4.58. The normalized spacial score (nSPS) is 15.5. The van der Waals surface area contributed by atoms with Gasteiger partial charge in [0.1, 0.15) is 0 Å². The van der Waals surface area contributed by atoms with E-state index in [0.29, 0.717) is 15.6 Å². The molecule has 1 heterocycles. The number of sulfonamides is 1. The lowest BCUT2D eigenvalue weighted by Crippen LogP contribution is -2.50. The summed E-state index contributed by atoms with van der Waals surface area (Å²) < 4.78 is 26.8. The monoisotopic (exact) mass is 469 g/mol. The highest BCUT2D eigenvalue weighted by molar-refractivity contribution is 7.89. The van der Waals surface area contributed by atoms with Crippen molar-refractivity contribution in [1.82, 2.24) is 9.21 Å². The number of non-ortho nitro benzene ring substituents is 1. The van der Waals surface area contributed by atoms with Crippen molar-refractivity contribution >= 4 is 50.9 Å². The number of carbonyl (C=O) groups is 1. The maximum Gasteiger partial charge on any atom is 0.270 e. The summed E-state index contributed by atoms with van der Waals surface area (Å²) in [5.41, 5.74) is 0.305. The molecule has 0 bridgehead atoms. The van der Waals surface area contributed by atoms with Crippen LogP contribution in [-0.2, 0) is 14.8 Å². The summed E-state index contributed by atoms with van der Waals surface area (Å²) in [5, 5.41) is 11.9. The summed E-state index contributed by atoms with van der Waals surface area (Å²) in [6, 6.07) is 9.82. The van der Waals surface area contributed by atoms with E-state index in [1.807, 2.05) is 0 Å². The van der Waals surface area contributed by atoms with E-state index in [-0.39, 0.29) is 42.7 Å². The molecule has 2 aromatic carbocycles. The van der Waals surface area contributed by atoms with Crippen LogP contribution in [0.3, 0.4) is 0 Å². The number of halogens is 2. The zero-order valence-electron chi connectivity index (χ0n) is 15.6. The van der Waals surface area contributed by atoms with Gasteiger partial charge in [0, 0.05) is 54.4 Å². The summed E-state index contributed by atoms with van der Waals surface area (Å²) in [7, 11) is -3.89. The van der Waals surface area contributed by atoms with Crippen LogP contribution in [0.1, 0.15) is 5.56 Å². The summed E-state index contributed by atoms with van der Waals surface area (Å²) in [4.78, 5) is 24.1. The lowest BCUT2D eigenvalue weighted by Gasteiger charge is -2.33. The van der Waals surface area contributed by atoms with E-state index in [4.69, 9.17) is 23.2 Å². The molecular weight excluding hydrogens is 453 g/mol. The first kappa shape index (κ1) is 22.2. The Morgan fingerprint density at radius 2 is 1.77 bits per heavy atom. The fourth-order valence-electron chi connectivity index (χ4n) is 2.96. The lowest BCUT2D eigenvalue weighted by atomic mass is 10.2. The number of nitrogens with zero attached hydrogens (tertiary/aromatic N) is 3. The van der Waals surface area contributed by atoms with E-state index < -0.39 is 14.9 Å². The molecule has 0 aromatic heterocycles. The van der Waals surface area contributed by atoms with E-state index in [2.05, 4.69) is 0 Å². The van der Waals surface area contributed by atoms with Crippen LogP contribution in [0.15, 0.2) is 53.4 Å². The van der Waals surface area contributed by atoms with E-state index in [1.54, 1.807) is 24.3 Å². The first-order valence-corrected chi connectivity index (χ1v) is 11.0. The largest absolute Gasteiger partial charge is 0.337 e. The van der Waals surface area contributed by atoms with Crippen LogP contribution in [0, 0.1) is 10.1 Å². The van der Waals surface area contributed by atoms with Gasteiger partial charge >= 0.3 is 0 Å². The van der Waals surface area contributed by atoms with Gasteiger partial charge in [0.15, 0.2) is 0 Å². The van der Waals surface area contributed by atoms with Gasteiger partial charge in [-0.3, -0.25) is 14.9 Å². The number of hydrogen-bond donors (Lipinski definition) is 0. The smallest absolute Gasteiger partial charge is 0.270 e. The molecule has 3 rings (SSSR count). The minimum atomic E-state index is -3.89. The Labute approximate surface area is 183 Å². The molecule has 1 aliphatic rings. The Balaban J connectivity index is 1.66. The van der Waals surface area contributed by atoms with Crippen molar-refractivity contribution < 1.29 is 18.1 Å². The molecule has 0 aliphatic carbocycles. The molecule has 1 aliphatic heterocycles. The quantitative estimate of drug-likeness (QED) is 0.379. The minimum absolute atomic E-state index is 0.0858. The third-order valence-corrected chi connectivity index (χ3v) is 7.05. The van der Waals surface area contributed by atoms with E-state index in [1.165, 1.54) is 33.5 Å². The fourth-order valence-corrected chi connectivity index (χ4v) is 4.79. The van der Waals surface area contributed by atoms with Crippen molar-refractivity contribution in [2.75, 3.05) is 26.2 Å². The van der Waals surface area contributed by atoms with Gasteiger partial charge in [-0.15, -0.1) is 0 Å². The molecule has 0 radical (unpaired) electrons. The molecule has 2 aromatic rings. The topological polar surface area (TPSA) is 101 Å². The molecule has 0 saturated carbocycles. The maximum absolute atomic E-state index is 12.8. The zero-order chi connectivity index (χ0) is 21.9. The molecule has 0 atom stereocenters. The van der Waals surface area contributed by atoms with Crippen LogP contribution in [0.4, 0.5) is 5.69 Å². The Morgan fingerprint density at radius 3 is 2.43 bits per heavy atom. The maximum atomic E-state index is 12.8. The summed E-state index contributed by atoms with van der Waals surface area (Å²) in [6.07, 6.45) is 2.92. The first-order chi connectivity index (χ1) is 14.2. The van der Waals surface area contributed by atoms with Crippen LogP contribution in [0.25, 0.3) is 6.08 Å². The van der Waals surface area contributed by atoms with Crippen molar-refractivity contribution in [3.05, 3.63) is 74.3 Å². The number of hydrogen-bond acceptors (Lipinski definition) is 5. The van der Waals surface area contributed by atoms with Gasteiger partial charge in [0.05, 0.1) is 9.82 Å². The molecule has 8 nitrogen and oxygen atoms in total. The summed E-state index contributed by atoms with van der Waals surface area (Å²) >= 11 is 12.0. The van der Waals surface area contributed by atoms with Gasteiger partial charge in [0.2, 0.25) is 15.9 Å². The highest BCUT2D eigenvalue weighted by atomic mass is 35.5. The Kier molecular flexibility index (Phi) is 6.77. The number of piperazine rings is 1. The molecule has 11 heteroatoms. The number of nitro benzene ring substituents is 1. The predicted octanol–water partition coefficient (Wildman–Crippen LogP) is 3.45. The van der Waals surface area contributed by atoms with Gasteiger partial charge in [-0.2, -0.15) is 4.31 Å². The van der Waals surface area contributed by atoms with Crippen molar-refractivity contribution in [3.63, 3.8) is 0 Å².